The van der Waals surface area contributed by atoms with Crippen LogP contribution >= 0.6 is 0 Å². The Hall–Kier alpha value is -3.96. The Labute approximate surface area is 404 Å². The average Bonchev–Trinajstić information content (AvgIpc) is 3.14. The molecule has 0 aliphatic carbocycles. The molecular weight excluding hydrogens is 880 g/mol. The van der Waals surface area contributed by atoms with Crippen molar-refractivity contribution in [2.24, 2.45) is 30.7 Å². The molecule has 0 bridgehead atoms. The second-order valence-corrected chi connectivity index (χ2v) is 15.7. The third-order valence-electron chi connectivity index (χ3n) is 7.98. The van der Waals surface area contributed by atoms with E-state index in [-0.39, 0.29) is 121 Å². The molecule has 0 aliphatic heterocycles. The van der Waals surface area contributed by atoms with Gasteiger partial charge in [-0.15, -0.1) is 30.7 Å². The summed E-state index contributed by atoms with van der Waals surface area (Å²) in [5.74, 6) is -4.87. The summed E-state index contributed by atoms with van der Waals surface area (Å²) in [6.45, 7) is 0. The van der Waals surface area contributed by atoms with Gasteiger partial charge in [0.2, 0.25) is 0 Å². The van der Waals surface area contributed by atoms with Crippen LogP contribution in [0.1, 0.15) is 0 Å². The number of azo groups is 3. The van der Waals surface area contributed by atoms with Gasteiger partial charge in [-0.05, 0) is 18.2 Å². The van der Waals surface area contributed by atoms with Crippen molar-refractivity contribution in [2.45, 2.75) is 14.7 Å². The first-order valence-corrected chi connectivity index (χ1v) is 19.8. The van der Waals surface area contributed by atoms with Crippen molar-refractivity contribution in [2.75, 3.05) is 0 Å². The molecule has 0 unspecified atom stereocenters. The molecule has 1 aromatic heterocycles. The van der Waals surface area contributed by atoms with Crippen LogP contribution in [-0.4, -0.2) is 53.9 Å². The van der Waals surface area contributed by atoms with Crippen LogP contribution in [0.2, 0.25) is 0 Å². The Balaban J connectivity index is 0.00000265. The zero-order valence-electron chi connectivity index (χ0n) is 30.9. The topological polar surface area (TPSA) is 345 Å². The van der Waals surface area contributed by atoms with Crippen molar-refractivity contribution in [1.82, 2.24) is 15.0 Å². The molecule has 1 heterocycles. The van der Waals surface area contributed by atoms with Crippen LogP contribution in [-0.2, 0) is 30.4 Å². The molecule has 0 amide bonds. The summed E-state index contributed by atoms with van der Waals surface area (Å²) in [4.78, 5) is 9.89. The fourth-order valence-corrected chi connectivity index (χ4v) is 7.75. The summed E-state index contributed by atoms with van der Waals surface area (Å²) in [6.07, 6.45) is 0. The maximum atomic E-state index is 13.0. The fraction of sp³-hybridized carbons (Fsp3) is 0. The van der Waals surface area contributed by atoms with E-state index >= 15 is 0 Å². The van der Waals surface area contributed by atoms with Crippen molar-refractivity contribution < 1.29 is 143 Å². The SMILES string of the molecule is O=S(=O)(O)c1cc([O-])c(N=Nc2nc(N=Nc3c([O-])cc(S(=O)(=O)O)c4ccccc34)nc(N=Nc3c([O-])cc(S(=O)(=O)O)c4ccccc34)n2)c2ccccc12.[Na+].[Na+].[Na+]. The first-order valence-electron chi connectivity index (χ1n) is 15.5. The van der Waals surface area contributed by atoms with E-state index in [0.717, 1.165) is 0 Å². The molecule has 0 saturated heterocycles. The first kappa shape index (κ1) is 48.7. The third-order valence-corrected chi connectivity index (χ3v) is 10.7. The van der Waals surface area contributed by atoms with Gasteiger partial charge in [0.25, 0.3) is 48.2 Å². The molecule has 7 aromatic rings. The Morgan fingerprint density at radius 2 is 0.600 bits per heavy atom. The summed E-state index contributed by atoms with van der Waals surface area (Å²) in [5, 5.41) is 62.0. The molecule has 7 rings (SSSR count). The van der Waals surface area contributed by atoms with Gasteiger partial charge in [0.15, 0.2) is 0 Å². The van der Waals surface area contributed by atoms with Gasteiger partial charge < -0.3 is 15.3 Å². The zero-order chi connectivity index (χ0) is 40.9. The molecule has 6 aromatic carbocycles. The van der Waals surface area contributed by atoms with E-state index in [4.69, 9.17) is 0 Å². The molecule has 0 spiro atoms. The fourth-order valence-electron chi connectivity index (χ4n) is 5.62. The number of hydrogen-bond acceptors (Lipinski definition) is 18. The van der Waals surface area contributed by atoms with E-state index in [2.05, 4.69) is 45.6 Å². The van der Waals surface area contributed by atoms with Gasteiger partial charge in [-0.3, -0.25) is 13.7 Å². The van der Waals surface area contributed by atoms with Gasteiger partial charge in [0.05, 0.1) is 17.1 Å². The molecule has 60 heavy (non-hydrogen) atoms. The quantitative estimate of drug-likeness (QED) is 0.0721. The predicted octanol–water partition coefficient (Wildman–Crippen LogP) is -3.45. The van der Waals surface area contributed by atoms with Crippen molar-refractivity contribution in [3.8, 4) is 17.2 Å². The maximum Gasteiger partial charge on any atom is 1.00 e. The van der Waals surface area contributed by atoms with Crippen LogP contribution in [0, 0.1) is 0 Å². The number of rotatable bonds is 9. The summed E-state index contributed by atoms with van der Waals surface area (Å²) in [7, 11) is -14.5. The molecule has 21 nitrogen and oxygen atoms in total. The number of benzene rings is 6. The Morgan fingerprint density at radius 1 is 0.383 bits per heavy atom. The van der Waals surface area contributed by atoms with Crippen molar-refractivity contribution >= 4 is 97.6 Å². The van der Waals surface area contributed by atoms with E-state index in [1.807, 2.05) is 0 Å². The Morgan fingerprint density at radius 3 is 0.817 bits per heavy atom. The van der Waals surface area contributed by atoms with Crippen LogP contribution in [0.25, 0.3) is 32.3 Å². The van der Waals surface area contributed by atoms with E-state index in [9.17, 15) is 54.2 Å². The largest absolute Gasteiger partial charge is 1.00 e. The smallest absolute Gasteiger partial charge is 0.871 e. The molecule has 288 valence electrons. The number of aromatic nitrogens is 3. The minimum Gasteiger partial charge on any atom is -0.871 e. The van der Waals surface area contributed by atoms with Crippen LogP contribution in [0.15, 0.2) is 136 Å². The average molecular weight is 898 g/mol. The van der Waals surface area contributed by atoms with E-state index < -0.39 is 97.2 Å². The predicted molar refractivity (Wildman–Crippen MR) is 192 cm³/mol. The molecule has 0 aliphatic rings. The van der Waals surface area contributed by atoms with Crippen LogP contribution in [0.5, 0.6) is 17.2 Å². The first-order chi connectivity index (χ1) is 26.9. The molecule has 0 atom stereocenters. The molecule has 0 radical (unpaired) electrons. The number of hydrogen-bond donors (Lipinski definition) is 3. The van der Waals surface area contributed by atoms with Gasteiger partial charge >= 0.3 is 88.7 Å². The van der Waals surface area contributed by atoms with Gasteiger partial charge in [-0.25, -0.2) is 0 Å². The second-order valence-electron chi connectivity index (χ2n) is 11.6. The number of fused-ring (bicyclic) bond motifs is 3. The Bertz CT molecular complexity index is 2930. The minimum absolute atomic E-state index is 0. The molecule has 0 saturated carbocycles. The van der Waals surface area contributed by atoms with E-state index in [0.29, 0.717) is 18.2 Å². The summed E-state index contributed by atoms with van der Waals surface area (Å²) < 4.78 is 101. The summed E-state index contributed by atoms with van der Waals surface area (Å²) >= 11 is 0. The number of nitrogens with zero attached hydrogens (tertiary/aromatic N) is 9. The van der Waals surface area contributed by atoms with Crippen molar-refractivity contribution in [3.63, 3.8) is 0 Å². The van der Waals surface area contributed by atoms with Crippen LogP contribution in [0.4, 0.5) is 34.9 Å². The molecule has 27 heteroatoms. The standard InChI is InChI=1S/C33H21N9O12S3.3Na/c43-22-13-25(55(46,47)48)16-7-1-4-10-19(16)28(22)37-40-31-34-32(41-38-29-20-11-5-2-8-17(20)26(14-23(29)44)56(49,50)51)36-33(35-31)42-39-30-21-12-6-3-9-18(21)27(15-24(30)45)57(52,53)54;;;/h1-15,43-45H,(H,46,47,48)(H,49,50,51)(H,52,53,54);;;/q;3*+1/p-3. The van der Waals surface area contributed by atoms with Crippen LogP contribution < -0.4 is 104 Å². The molecule has 0 fully saturated rings. The summed E-state index contributed by atoms with van der Waals surface area (Å²) in [6, 6.07) is 18.6. The third kappa shape index (κ3) is 10.2. The summed E-state index contributed by atoms with van der Waals surface area (Å²) in [5.41, 5.74) is -1.23. The van der Waals surface area contributed by atoms with E-state index in [1.165, 1.54) is 72.8 Å². The molecular formula is C33H18N9Na3O12S3. The zero-order valence-corrected chi connectivity index (χ0v) is 39.4. The van der Waals surface area contributed by atoms with Crippen molar-refractivity contribution in [3.05, 3.63) is 91.0 Å². The maximum absolute atomic E-state index is 13.0. The van der Waals surface area contributed by atoms with Gasteiger partial charge in [0.1, 0.15) is 14.7 Å². The van der Waals surface area contributed by atoms with Crippen molar-refractivity contribution in [1.29, 1.82) is 0 Å². The Kier molecular flexibility index (Phi) is 15.4. The molecule has 3 N–H and O–H groups in total. The van der Waals surface area contributed by atoms with Gasteiger partial charge in [0, 0.05) is 32.3 Å². The normalized spacial score (nSPS) is 12.2. The monoisotopic (exact) mass is 897 g/mol. The van der Waals surface area contributed by atoms with E-state index in [1.54, 1.807) is 0 Å². The van der Waals surface area contributed by atoms with Crippen LogP contribution in [0.3, 0.4) is 0 Å². The second kappa shape index (κ2) is 19.0. The van der Waals surface area contributed by atoms with Gasteiger partial charge in [-0.2, -0.15) is 40.2 Å². The minimum atomic E-state index is -4.84. The van der Waals surface area contributed by atoms with Gasteiger partial charge in [-0.1, -0.05) is 90.0 Å².